The minimum atomic E-state index is -0.751. The van der Waals surface area contributed by atoms with E-state index in [9.17, 15) is 9.59 Å². The molecule has 5 heteroatoms. The number of carboxylic acids is 1. The molecule has 0 radical (unpaired) electrons. The van der Waals surface area contributed by atoms with Crippen LogP contribution in [0.25, 0.3) is 0 Å². The van der Waals surface area contributed by atoms with Crippen molar-refractivity contribution in [3.63, 3.8) is 0 Å². The van der Waals surface area contributed by atoms with Gasteiger partial charge in [-0.15, -0.1) is 11.8 Å². The Bertz CT molecular complexity index is 287. The molecule has 0 spiro atoms. The van der Waals surface area contributed by atoms with Crippen molar-refractivity contribution in [2.24, 2.45) is 11.8 Å². The van der Waals surface area contributed by atoms with Crippen LogP contribution in [-0.4, -0.2) is 34.0 Å². The number of carbonyl (C=O) groups is 2. The maximum atomic E-state index is 12.0. The van der Waals surface area contributed by atoms with Crippen LogP contribution in [-0.2, 0) is 9.59 Å². The molecule has 0 aromatic carbocycles. The van der Waals surface area contributed by atoms with E-state index in [4.69, 9.17) is 5.11 Å². The second-order valence-corrected chi connectivity index (χ2v) is 6.25. The molecule has 4 nitrogen and oxygen atoms in total. The number of hydrogen-bond donors (Lipinski definition) is 2. The standard InChI is InChI=1S/C12H21NO3S/c1-4-17-10(7(2)3)11(14)13-9-5-8(6-9)12(15)16/h7-10H,4-6H2,1-3H3,(H,13,14)(H,15,16). The van der Waals surface area contributed by atoms with Crippen LogP contribution >= 0.6 is 11.8 Å². The third-order valence-corrected chi connectivity index (χ3v) is 4.49. The monoisotopic (exact) mass is 259 g/mol. The Morgan fingerprint density at radius 2 is 2.00 bits per heavy atom. The molecular weight excluding hydrogens is 238 g/mol. The van der Waals surface area contributed by atoms with Crippen LogP contribution in [0, 0.1) is 11.8 Å². The van der Waals surface area contributed by atoms with Crippen LogP contribution < -0.4 is 5.32 Å². The van der Waals surface area contributed by atoms with Crippen molar-refractivity contribution in [1.29, 1.82) is 0 Å². The lowest BCUT2D eigenvalue weighted by molar-refractivity contribution is -0.146. The number of carboxylic acid groups (broad SMARTS) is 1. The van der Waals surface area contributed by atoms with Gasteiger partial charge in [-0.2, -0.15) is 0 Å². The molecule has 1 saturated carbocycles. The van der Waals surface area contributed by atoms with E-state index < -0.39 is 5.97 Å². The van der Waals surface area contributed by atoms with E-state index in [1.54, 1.807) is 11.8 Å². The molecule has 1 amide bonds. The first kappa shape index (κ1) is 14.4. The van der Waals surface area contributed by atoms with Gasteiger partial charge >= 0.3 is 5.97 Å². The quantitative estimate of drug-likeness (QED) is 0.762. The molecule has 1 aliphatic rings. The van der Waals surface area contributed by atoms with E-state index in [0.717, 1.165) is 5.75 Å². The molecule has 1 unspecified atom stereocenters. The number of rotatable bonds is 6. The maximum Gasteiger partial charge on any atom is 0.306 e. The van der Waals surface area contributed by atoms with Gasteiger partial charge in [-0.3, -0.25) is 9.59 Å². The molecule has 1 aliphatic carbocycles. The summed E-state index contributed by atoms with van der Waals surface area (Å²) in [6.45, 7) is 6.11. The lowest BCUT2D eigenvalue weighted by Crippen LogP contribution is -2.50. The molecule has 98 valence electrons. The van der Waals surface area contributed by atoms with Crippen molar-refractivity contribution < 1.29 is 14.7 Å². The number of nitrogens with one attached hydrogen (secondary N) is 1. The Kier molecular flexibility index (Phi) is 5.31. The molecule has 0 saturated heterocycles. The average Bonchev–Trinajstić information content (AvgIpc) is 2.17. The van der Waals surface area contributed by atoms with Gasteiger partial charge in [-0.1, -0.05) is 20.8 Å². The Morgan fingerprint density at radius 1 is 1.41 bits per heavy atom. The summed E-state index contributed by atoms with van der Waals surface area (Å²) in [6.07, 6.45) is 1.14. The van der Waals surface area contributed by atoms with E-state index in [0.29, 0.717) is 18.8 Å². The van der Waals surface area contributed by atoms with Gasteiger partial charge in [0.15, 0.2) is 0 Å². The number of carbonyl (C=O) groups excluding carboxylic acids is 1. The Labute approximate surface area is 107 Å². The predicted octanol–water partition coefficient (Wildman–Crippen LogP) is 1.74. The van der Waals surface area contributed by atoms with Crippen LogP contribution in [0.2, 0.25) is 0 Å². The van der Waals surface area contributed by atoms with Crippen molar-refractivity contribution in [2.45, 2.75) is 44.9 Å². The highest BCUT2D eigenvalue weighted by Gasteiger charge is 2.36. The van der Waals surface area contributed by atoms with Gasteiger partial charge in [0.05, 0.1) is 11.2 Å². The van der Waals surface area contributed by atoms with Gasteiger partial charge in [0.1, 0.15) is 0 Å². The Hall–Kier alpha value is -0.710. The first-order valence-corrected chi connectivity index (χ1v) is 7.15. The van der Waals surface area contributed by atoms with E-state index in [2.05, 4.69) is 5.32 Å². The summed E-state index contributed by atoms with van der Waals surface area (Å²) in [5, 5.41) is 11.7. The summed E-state index contributed by atoms with van der Waals surface area (Å²) in [7, 11) is 0. The van der Waals surface area contributed by atoms with Crippen molar-refractivity contribution in [3.8, 4) is 0 Å². The molecule has 1 fully saturated rings. The average molecular weight is 259 g/mol. The van der Waals surface area contributed by atoms with Gasteiger partial charge in [-0.05, 0) is 24.5 Å². The minimum absolute atomic E-state index is 0.0242. The first-order chi connectivity index (χ1) is 7.95. The zero-order chi connectivity index (χ0) is 13.0. The lowest BCUT2D eigenvalue weighted by Gasteiger charge is -2.34. The van der Waals surface area contributed by atoms with Gasteiger partial charge < -0.3 is 10.4 Å². The van der Waals surface area contributed by atoms with Gasteiger partial charge in [-0.25, -0.2) is 0 Å². The van der Waals surface area contributed by atoms with Crippen molar-refractivity contribution in [2.75, 3.05) is 5.75 Å². The molecule has 0 aromatic rings. The number of hydrogen-bond acceptors (Lipinski definition) is 3. The molecule has 0 bridgehead atoms. The highest BCUT2D eigenvalue weighted by molar-refractivity contribution is 8.00. The number of thioether (sulfide) groups is 1. The van der Waals surface area contributed by atoms with E-state index >= 15 is 0 Å². The number of aliphatic carboxylic acids is 1. The zero-order valence-electron chi connectivity index (χ0n) is 10.6. The summed E-state index contributed by atoms with van der Waals surface area (Å²) in [5.41, 5.74) is 0. The topological polar surface area (TPSA) is 66.4 Å². The summed E-state index contributed by atoms with van der Waals surface area (Å²) in [6, 6.07) is 0.0577. The van der Waals surface area contributed by atoms with Crippen LogP contribution in [0.1, 0.15) is 33.6 Å². The summed E-state index contributed by atoms with van der Waals surface area (Å²) >= 11 is 1.65. The van der Waals surface area contributed by atoms with Crippen LogP contribution in [0.3, 0.4) is 0 Å². The third-order valence-electron chi connectivity index (χ3n) is 3.04. The van der Waals surface area contributed by atoms with E-state index in [1.807, 2.05) is 20.8 Å². The summed E-state index contributed by atoms with van der Waals surface area (Å²) in [5.74, 6) is 0.255. The van der Waals surface area contributed by atoms with E-state index in [-0.39, 0.29) is 23.1 Å². The van der Waals surface area contributed by atoms with Crippen LogP contribution in [0.15, 0.2) is 0 Å². The van der Waals surface area contributed by atoms with E-state index in [1.165, 1.54) is 0 Å². The summed E-state index contributed by atoms with van der Waals surface area (Å²) in [4.78, 5) is 22.6. The fourth-order valence-electron chi connectivity index (χ4n) is 1.97. The third kappa shape index (κ3) is 3.91. The molecule has 0 heterocycles. The SMILES string of the molecule is CCSC(C(=O)NC1CC(C(=O)O)C1)C(C)C. The lowest BCUT2D eigenvalue weighted by atomic mass is 9.80. The van der Waals surface area contributed by atoms with Crippen LogP contribution in [0.5, 0.6) is 0 Å². The zero-order valence-corrected chi connectivity index (χ0v) is 11.4. The first-order valence-electron chi connectivity index (χ1n) is 6.10. The van der Waals surface area contributed by atoms with Gasteiger partial charge in [0.25, 0.3) is 0 Å². The Morgan fingerprint density at radius 3 is 2.41 bits per heavy atom. The Balaban J connectivity index is 2.36. The summed E-state index contributed by atoms with van der Waals surface area (Å²) < 4.78 is 0. The molecular formula is C12H21NO3S. The second kappa shape index (κ2) is 6.28. The molecule has 0 aliphatic heterocycles. The fourth-order valence-corrected chi connectivity index (χ4v) is 2.93. The molecule has 17 heavy (non-hydrogen) atoms. The van der Waals surface area contributed by atoms with Crippen molar-refractivity contribution in [3.05, 3.63) is 0 Å². The minimum Gasteiger partial charge on any atom is -0.481 e. The van der Waals surface area contributed by atoms with Gasteiger partial charge in [0.2, 0.25) is 5.91 Å². The smallest absolute Gasteiger partial charge is 0.306 e. The maximum absolute atomic E-state index is 12.0. The normalized spacial score (nSPS) is 25.2. The fraction of sp³-hybridized carbons (Fsp3) is 0.833. The largest absolute Gasteiger partial charge is 0.481 e. The molecule has 1 rings (SSSR count). The highest BCUT2D eigenvalue weighted by Crippen LogP contribution is 2.28. The van der Waals surface area contributed by atoms with Crippen molar-refractivity contribution >= 4 is 23.6 Å². The molecule has 0 aromatic heterocycles. The van der Waals surface area contributed by atoms with Crippen LogP contribution in [0.4, 0.5) is 0 Å². The highest BCUT2D eigenvalue weighted by atomic mass is 32.2. The number of amides is 1. The second-order valence-electron chi connectivity index (χ2n) is 4.83. The van der Waals surface area contributed by atoms with Crippen molar-refractivity contribution in [1.82, 2.24) is 5.32 Å². The molecule has 1 atom stereocenters. The van der Waals surface area contributed by atoms with Gasteiger partial charge in [0, 0.05) is 6.04 Å². The predicted molar refractivity (Wildman–Crippen MR) is 69.0 cm³/mol. The molecule has 2 N–H and O–H groups in total.